The van der Waals surface area contributed by atoms with Crippen LogP contribution < -0.4 is 10.9 Å². The molecule has 1 amide bonds. The summed E-state index contributed by atoms with van der Waals surface area (Å²) < 4.78 is 3.17. The molecular weight excluding hydrogens is 378 g/mol. The van der Waals surface area contributed by atoms with Gasteiger partial charge in [-0.15, -0.1) is 10.2 Å². The summed E-state index contributed by atoms with van der Waals surface area (Å²) in [6.07, 6.45) is 0.640. The van der Waals surface area contributed by atoms with Crippen molar-refractivity contribution in [1.82, 2.24) is 19.2 Å². The molecule has 0 bridgehead atoms. The predicted molar refractivity (Wildman–Crippen MR) is 109 cm³/mol. The Balaban J connectivity index is 1.79. The average Bonchev–Trinajstić information content (AvgIpc) is 3.12. The van der Waals surface area contributed by atoms with Crippen molar-refractivity contribution in [2.75, 3.05) is 5.32 Å². The van der Waals surface area contributed by atoms with Gasteiger partial charge >= 0.3 is 0 Å². The van der Waals surface area contributed by atoms with Gasteiger partial charge in [0.2, 0.25) is 11.6 Å². The molecule has 8 heteroatoms. The number of para-hydroxylation sites is 2. The number of anilines is 1. The molecule has 1 N–H and O–H groups in total. The molecule has 7 nitrogen and oxygen atoms in total. The molecule has 0 fully saturated rings. The fourth-order valence-corrected chi connectivity index (χ4v) is 3.54. The number of rotatable bonds is 4. The molecule has 0 radical (unpaired) electrons. The summed E-state index contributed by atoms with van der Waals surface area (Å²) in [7, 11) is 0. The van der Waals surface area contributed by atoms with E-state index in [0.717, 1.165) is 11.1 Å². The second-order valence-corrected chi connectivity index (χ2v) is 6.95. The van der Waals surface area contributed by atoms with Crippen LogP contribution in [0.15, 0.2) is 47.3 Å². The Kier molecular flexibility index (Phi) is 4.60. The Morgan fingerprint density at radius 3 is 2.61 bits per heavy atom. The van der Waals surface area contributed by atoms with E-state index >= 15 is 0 Å². The van der Waals surface area contributed by atoms with Crippen molar-refractivity contribution in [1.29, 1.82) is 0 Å². The van der Waals surface area contributed by atoms with Crippen molar-refractivity contribution in [3.8, 4) is 0 Å². The molecule has 0 unspecified atom stereocenters. The molecule has 4 aromatic rings. The molecule has 0 atom stereocenters. The zero-order chi connectivity index (χ0) is 19.8. The number of amides is 1. The quantitative estimate of drug-likeness (QED) is 0.575. The van der Waals surface area contributed by atoms with Crippen LogP contribution in [0.3, 0.4) is 0 Å². The Morgan fingerprint density at radius 2 is 1.89 bits per heavy atom. The van der Waals surface area contributed by atoms with E-state index in [1.807, 2.05) is 44.2 Å². The Labute approximate surface area is 165 Å². The molecule has 0 aliphatic heterocycles. The maximum atomic E-state index is 13.0. The summed E-state index contributed by atoms with van der Waals surface area (Å²) in [5.41, 5.74) is 2.76. The highest BCUT2D eigenvalue weighted by Crippen LogP contribution is 2.23. The van der Waals surface area contributed by atoms with Crippen molar-refractivity contribution < 1.29 is 4.79 Å². The molecule has 2 heterocycles. The van der Waals surface area contributed by atoms with Gasteiger partial charge in [0.25, 0.3) is 5.56 Å². The average molecular weight is 396 g/mol. The number of benzene rings is 2. The van der Waals surface area contributed by atoms with Crippen LogP contribution >= 0.6 is 11.6 Å². The summed E-state index contributed by atoms with van der Waals surface area (Å²) in [4.78, 5) is 25.6. The van der Waals surface area contributed by atoms with Crippen LogP contribution in [-0.4, -0.2) is 25.1 Å². The lowest BCUT2D eigenvalue weighted by Crippen LogP contribution is -2.29. The molecule has 2 aromatic carbocycles. The molecule has 142 valence electrons. The van der Waals surface area contributed by atoms with Crippen LogP contribution in [0.1, 0.15) is 18.3 Å². The van der Waals surface area contributed by atoms with Crippen molar-refractivity contribution in [2.45, 2.75) is 26.8 Å². The fourth-order valence-electron chi connectivity index (χ4n) is 3.26. The highest BCUT2D eigenvalue weighted by molar-refractivity contribution is 6.33. The van der Waals surface area contributed by atoms with Crippen molar-refractivity contribution in [3.05, 3.63) is 69.2 Å². The van der Waals surface area contributed by atoms with Gasteiger partial charge in [-0.05, 0) is 36.8 Å². The third kappa shape index (κ3) is 3.03. The van der Waals surface area contributed by atoms with Crippen LogP contribution in [-0.2, 0) is 17.8 Å². The molecule has 0 aliphatic carbocycles. The number of carbonyl (C=O) groups is 1. The molecular formula is C20H18ClN5O2. The molecule has 2 aromatic heterocycles. The van der Waals surface area contributed by atoms with Gasteiger partial charge in [0.1, 0.15) is 12.4 Å². The first-order valence-corrected chi connectivity index (χ1v) is 9.29. The highest BCUT2D eigenvalue weighted by atomic mass is 35.5. The summed E-state index contributed by atoms with van der Waals surface area (Å²) in [6, 6.07) is 12.8. The summed E-state index contributed by atoms with van der Waals surface area (Å²) in [5, 5.41) is 11.4. The number of aromatic nitrogens is 4. The van der Waals surface area contributed by atoms with E-state index in [1.54, 1.807) is 16.5 Å². The van der Waals surface area contributed by atoms with Crippen molar-refractivity contribution >= 4 is 39.9 Å². The summed E-state index contributed by atoms with van der Waals surface area (Å²) >= 11 is 6.19. The van der Waals surface area contributed by atoms with Crippen LogP contribution in [0.5, 0.6) is 0 Å². The minimum Gasteiger partial charge on any atom is -0.323 e. The number of hydrogen-bond donors (Lipinski definition) is 1. The van der Waals surface area contributed by atoms with E-state index in [0.29, 0.717) is 28.5 Å². The normalized spacial score (nSPS) is 11.2. The highest BCUT2D eigenvalue weighted by Gasteiger charge is 2.17. The van der Waals surface area contributed by atoms with Gasteiger partial charge in [-0.3, -0.25) is 18.6 Å². The molecule has 0 saturated heterocycles. The number of aryl methyl sites for hydroxylation is 2. The molecule has 4 rings (SSSR count). The smallest absolute Gasteiger partial charge is 0.297 e. The summed E-state index contributed by atoms with van der Waals surface area (Å²) in [5.74, 6) is 0.351. The van der Waals surface area contributed by atoms with Gasteiger partial charge in [0.05, 0.1) is 21.7 Å². The Hall–Kier alpha value is -3.19. The largest absolute Gasteiger partial charge is 0.323 e. The van der Waals surface area contributed by atoms with E-state index < -0.39 is 0 Å². The molecule has 0 saturated carbocycles. The third-order valence-electron chi connectivity index (χ3n) is 4.60. The lowest BCUT2D eigenvalue weighted by molar-refractivity contribution is -0.116. The number of nitrogens with zero attached hydrogens (tertiary/aromatic N) is 4. The van der Waals surface area contributed by atoms with Gasteiger partial charge < -0.3 is 5.32 Å². The van der Waals surface area contributed by atoms with E-state index in [2.05, 4.69) is 15.5 Å². The standard InChI is InChI=1S/C20H18ClN5O2/c1-3-17-23-24-19-20(28)25(15-6-4-5-7-16(15)26(17)19)11-18(27)22-14-9-8-12(2)10-13(14)21/h4-10H,3,11H2,1-2H3,(H,22,27). The van der Waals surface area contributed by atoms with Gasteiger partial charge in [0.15, 0.2) is 0 Å². The topological polar surface area (TPSA) is 81.3 Å². The number of halogens is 1. The monoisotopic (exact) mass is 395 g/mol. The van der Waals surface area contributed by atoms with E-state index in [4.69, 9.17) is 11.6 Å². The first-order valence-electron chi connectivity index (χ1n) is 8.91. The number of fused-ring (bicyclic) bond motifs is 3. The first kappa shape index (κ1) is 18.2. The maximum absolute atomic E-state index is 13.0. The van der Waals surface area contributed by atoms with Gasteiger partial charge in [-0.25, -0.2) is 0 Å². The van der Waals surface area contributed by atoms with Gasteiger partial charge in [0, 0.05) is 6.42 Å². The van der Waals surface area contributed by atoms with Crippen LogP contribution in [0.25, 0.3) is 16.7 Å². The number of carbonyl (C=O) groups excluding carboxylic acids is 1. The van der Waals surface area contributed by atoms with Crippen molar-refractivity contribution in [2.24, 2.45) is 0 Å². The predicted octanol–water partition coefficient (Wildman–Crippen LogP) is 3.21. The number of hydrogen-bond acceptors (Lipinski definition) is 4. The second-order valence-electron chi connectivity index (χ2n) is 6.54. The Morgan fingerprint density at radius 1 is 1.14 bits per heavy atom. The molecule has 28 heavy (non-hydrogen) atoms. The Bertz CT molecular complexity index is 1280. The second kappa shape index (κ2) is 7.09. The maximum Gasteiger partial charge on any atom is 0.297 e. The van der Waals surface area contributed by atoms with Gasteiger partial charge in [-0.2, -0.15) is 0 Å². The SMILES string of the molecule is CCc1nnc2c(=O)n(CC(=O)Nc3ccc(C)cc3Cl)c3ccccc3n12. The first-order chi connectivity index (χ1) is 13.5. The lowest BCUT2D eigenvalue weighted by Gasteiger charge is -2.13. The zero-order valence-corrected chi connectivity index (χ0v) is 16.2. The lowest BCUT2D eigenvalue weighted by atomic mass is 10.2. The minimum absolute atomic E-state index is 0.158. The van der Waals surface area contributed by atoms with Crippen LogP contribution in [0, 0.1) is 6.92 Å². The van der Waals surface area contributed by atoms with Crippen LogP contribution in [0.2, 0.25) is 5.02 Å². The van der Waals surface area contributed by atoms with Gasteiger partial charge in [-0.1, -0.05) is 36.7 Å². The minimum atomic E-state index is -0.365. The van der Waals surface area contributed by atoms with Crippen molar-refractivity contribution in [3.63, 3.8) is 0 Å². The zero-order valence-electron chi connectivity index (χ0n) is 15.4. The van der Waals surface area contributed by atoms with Crippen LogP contribution in [0.4, 0.5) is 5.69 Å². The van der Waals surface area contributed by atoms with E-state index in [-0.39, 0.29) is 23.7 Å². The van der Waals surface area contributed by atoms with E-state index in [9.17, 15) is 9.59 Å². The third-order valence-corrected chi connectivity index (χ3v) is 4.91. The van der Waals surface area contributed by atoms with E-state index in [1.165, 1.54) is 4.57 Å². The molecule has 0 spiro atoms. The fraction of sp³-hybridized carbons (Fsp3) is 0.200. The molecule has 0 aliphatic rings. The summed E-state index contributed by atoms with van der Waals surface area (Å²) in [6.45, 7) is 3.71. The number of nitrogens with one attached hydrogen (secondary N) is 1.